The molecule has 0 unspecified atom stereocenters. The average Bonchev–Trinajstić information content (AvgIpc) is 2.92. The van der Waals surface area contributed by atoms with E-state index in [0.717, 1.165) is 36.9 Å². The highest BCUT2D eigenvalue weighted by Crippen LogP contribution is 2.28. The summed E-state index contributed by atoms with van der Waals surface area (Å²) < 4.78 is 0. The molecule has 4 N–H and O–H groups in total. The molecule has 0 saturated heterocycles. The fourth-order valence-corrected chi connectivity index (χ4v) is 4.67. The van der Waals surface area contributed by atoms with E-state index in [9.17, 15) is 4.79 Å². The van der Waals surface area contributed by atoms with Crippen LogP contribution in [-0.2, 0) is 19.4 Å². The predicted molar refractivity (Wildman–Crippen MR) is 140 cm³/mol. The molecule has 1 aromatic heterocycles. The van der Waals surface area contributed by atoms with E-state index in [1.54, 1.807) is 13.2 Å². The number of aromatic nitrogens is 2. The number of benzene rings is 3. The minimum absolute atomic E-state index is 0.124. The zero-order chi connectivity index (χ0) is 24.2. The lowest BCUT2D eigenvalue weighted by atomic mass is 9.86. The number of nitrogens with one attached hydrogen (secondary N) is 2. The van der Waals surface area contributed by atoms with Crippen molar-refractivity contribution in [3.8, 4) is 22.4 Å². The second-order valence-electron chi connectivity index (χ2n) is 8.94. The van der Waals surface area contributed by atoms with Gasteiger partial charge in [0.2, 0.25) is 0 Å². The van der Waals surface area contributed by atoms with Crippen LogP contribution in [0.1, 0.15) is 33.6 Å². The van der Waals surface area contributed by atoms with Crippen molar-refractivity contribution in [2.24, 2.45) is 0 Å². The number of carbonyl (C=O) groups excluding carboxylic acids is 1. The lowest BCUT2D eigenvalue weighted by Gasteiger charge is -2.26. The molecule has 0 spiro atoms. The molecule has 0 saturated carbocycles. The van der Waals surface area contributed by atoms with Gasteiger partial charge in [0, 0.05) is 25.2 Å². The molecule has 1 aliphatic carbocycles. The molecule has 5 rings (SSSR count). The summed E-state index contributed by atoms with van der Waals surface area (Å²) in [4.78, 5) is 20.6. The second kappa shape index (κ2) is 10.1. The first kappa shape index (κ1) is 22.7. The van der Waals surface area contributed by atoms with Gasteiger partial charge in [-0.1, -0.05) is 66.7 Å². The molecule has 0 aliphatic heterocycles. The minimum Gasteiger partial charge on any atom is -0.382 e. The number of nitrogen functional groups attached to an aromatic ring is 1. The Kier molecular flexibility index (Phi) is 6.55. The summed E-state index contributed by atoms with van der Waals surface area (Å²) in [6.07, 6.45) is 4.83. The standard InChI is InChI=1S/C29H29N5O/c1-31-29(35)27-28(30)33-18-26(34-27)24-9-5-6-19(14-24)17-32-25-13-12-22-15-21(10-11-23(22)16-25)20-7-3-2-4-8-20/h2-11,14-15,18,25,32H,12-13,16-17H2,1H3,(H2,30,33)(H,31,35)/t25-/m1/s1. The van der Waals surface area contributed by atoms with Crippen molar-refractivity contribution >= 4 is 11.7 Å². The van der Waals surface area contributed by atoms with E-state index in [-0.39, 0.29) is 17.4 Å². The highest BCUT2D eigenvalue weighted by Gasteiger charge is 2.19. The van der Waals surface area contributed by atoms with Crippen LogP contribution in [0.3, 0.4) is 0 Å². The Morgan fingerprint density at radius 2 is 1.80 bits per heavy atom. The smallest absolute Gasteiger partial charge is 0.273 e. The summed E-state index contributed by atoms with van der Waals surface area (Å²) in [6.45, 7) is 0.765. The number of carbonyl (C=O) groups is 1. The molecule has 176 valence electrons. The van der Waals surface area contributed by atoms with Gasteiger partial charge in [0.25, 0.3) is 5.91 Å². The van der Waals surface area contributed by atoms with Gasteiger partial charge in [-0.2, -0.15) is 0 Å². The first-order chi connectivity index (χ1) is 17.1. The quantitative estimate of drug-likeness (QED) is 0.394. The molecular formula is C29H29N5O. The molecule has 1 atom stereocenters. The van der Waals surface area contributed by atoms with Crippen molar-refractivity contribution in [3.05, 3.63) is 101 Å². The lowest BCUT2D eigenvalue weighted by molar-refractivity contribution is 0.0959. The molecule has 0 fully saturated rings. The van der Waals surface area contributed by atoms with Gasteiger partial charge in [0.15, 0.2) is 11.5 Å². The molecule has 6 nitrogen and oxygen atoms in total. The van der Waals surface area contributed by atoms with Crippen LogP contribution in [0.4, 0.5) is 5.82 Å². The van der Waals surface area contributed by atoms with E-state index in [4.69, 9.17) is 5.73 Å². The summed E-state index contributed by atoms with van der Waals surface area (Å²) >= 11 is 0. The van der Waals surface area contributed by atoms with Crippen molar-refractivity contribution in [2.75, 3.05) is 12.8 Å². The fourth-order valence-electron chi connectivity index (χ4n) is 4.67. The van der Waals surface area contributed by atoms with E-state index in [0.29, 0.717) is 11.7 Å². The normalized spacial score (nSPS) is 14.8. The number of nitrogens with zero attached hydrogens (tertiary/aromatic N) is 2. The molecule has 0 bridgehead atoms. The van der Waals surface area contributed by atoms with Crippen molar-refractivity contribution < 1.29 is 4.79 Å². The molecule has 1 aliphatic rings. The number of aryl methyl sites for hydroxylation is 1. The maximum atomic E-state index is 12.0. The maximum absolute atomic E-state index is 12.0. The molecule has 35 heavy (non-hydrogen) atoms. The first-order valence-electron chi connectivity index (χ1n) is 11.9. The zero-order valence-corrected chi connectivity index (χ0v) is 19.8. The van der Waals surface area contributed by atoms with Crippen molar-refractivity contribution in [3.63, 3.8) is 0 Å². The van der Waals surface area contributed by atoms with Gasteiger partial charge in [0.05, 0.1) is 11.9 Å². The summed E-state index contributed by atoms with van der Waals surface area (Å²) in [5.41, 5.74) is 14.1. The Bertz CT molecular complexity index is 1350. The van der Waals surface area contributed by atoms with Gasteiger partial charge < -0.3 is 16.4 Å². The van der Waals surface area contributed by atoms with Crippen LogP contribution >= 0.6 is 0 Å². The molecule has 4 aromatic rings. The monoisotopic (exact) mass is 463 g/mol. The number of amides is 1. The summed E-state index contributed by atoms with van der Waals surface area (Å²) in [6, 6.07) is 26.0. The zero-order valence-electron chi connectivity index (χ0n) is 19.8. The van der Waals surface area contributed by atoms with Crippen LogP contribution in [0.5, 0.6) is 0 Å². The third-order valence-corrected chi connectivity index (χ3v) is 6.60. The predicted octanol–water partition coefficient (Wildman–Crippen LogP) is 4.40. The average molecular weight is 464 g/mol. The van der Waals surface area contributed by atoms with E-state index in [1.165, 1.54) is 22.3 Å². The highest BCUT2D eigenvalue weighted by molar-refractivity contribution is 5.96. The van der Waals surface area contributed by atoms with Gasteiger partial charge in [-0.15, -0.1) is 0 Å². The Hall–Kier alpha value is -4.03. The van der Waals surface area contributed by atoms with Gasteiger partial charge in [-0.25, -0.2) is 9.97 Å². The maximum Gasteiger partial charge on any atom is 0.273 e. The number of fused-ring (bicyclic) bond motifs is 1. The van der Waals surface area contributed by atoms with Gasteiger partial charge >= 0.3 is 0 Å². The van der Waals surface area contributed by atoms with Gasteiger partial charge in [-0.05, 0) is 53.1 Å². The van der Waals surface area contributed by atoms with Crippen LogP contribution in [0.2, 0.25) is 0 Å². The SMILES string of the molecule is CNC(=O)c1nc(-c2cccc(CN[C@@H]3CCc4cc(-c5ccccc5)ccc4C3)c2)cnc1N. The van der Waals surface area contributed by atoms with E-state index in [1.807, 2.05) is 12.1 Å². The van der Waals surface area contributed by atoms with E-state index >= 15 is 0 Å². The molecule has 1 heterocycles. The molecule has 1 amide bonds. The second-order valence-corrected chi connectivity index (χ2v) is 8.94. The number of rotatable bonds is 6. The highest BCUT2D eigenvalue weighted by atomic mass is 16.1. The van der Waals surface area contributed by atoms with E-state index < -0.39 is 0 Å². The molecule has 3 aromatic carbocycles. The molecule has 6 heteroatoms. The summed E-state index contributed by atoms with van der Waals surface area (Å²) in [7, 11) is 1.55. The molecule has 0 radical (unpaired) electrons. The van der Waals surface area contributed by atoms with Crippen LogP contribution in [-0.4, -0.2) is 29.0 Å². The number of nitrogens with two attached hydrogens (primary N) is 1. The number of hydrogen-bond donors (Lipinski definition) is 3. The topological polar surface area (TPSA) is 92.9 Å². The third-order valence-electron chi connectivity index (χ3n) is 6.60. The van der Waals surface area contributed by atoms with Crippen LogP contribution < -0.4 is 16.4 Å². The minimum atomic E-state index is -0.344. The third kappa shape index (κ3) is 5.08. The Morgan fingerprint density at radius 3 is 2.63 bits per heavy atom. The number of hydrogen-bond acceptors (Lipinski definition) is 5. The lowest BCUT2D eigenvalue weighted by Crippen LogP contribution is -2.34. The van der Waals surface area contributed by atoms with Crippen molar-refractivity contribution in [1.29, 1.82) is 0 Å². The number of anilines is 1. The summed E-state index contributed by atoms with van der Waals surface area (Å²) in [5, 5.41) is 6.29. The van der Waals surface area contributed by atoms with Crippen LogP contribution in [0.15, 0.2) is 79.0 Å². The Labute approximate surface area is 205 Å². The Morgan fingerprint density at radius 1 is 0.971 bits per heavy atom. The summed E-state index contributed by atoms with van der Waals surface area (Å²) in [5.74, 6) is -0.220. The van der Waals surface area contributed by atoms with Gasteiger partial charge in [-0.3, -0.25) is 4.79 Å². The molecular weight excluding hydrogens is 434 g/mol. The van der Waals surface area contributed by atoms with Crippen molar-refractivity contribution in [1.82, 2.24) is 20.6 Å². The van der Waals surface area contributed by atoms with Crippen molar-refractivity contribution in [2.45, 2.75) is 31.8 Å². The van der Waals surface area contributed by atoms with Crippen LogP contribution in [0, 0.1) is 0 Å². The largest absolute Gasteiger partial charge is 0.382 e. The van der Waals surface area contributed by atoms with E-state index in [2.05, 4.69) is 81.3 Å². The first-order valence-corrected chi connectivity index (χ1v) is 11.9. The fraction of sp³-hybridized carbons (Fsp3) is 0.207. The van der Waals surface area contributed by atoms with Crippen LogP contribution in [0.25, 0.3) is 22.4 Å². The van der Waals surface area contributed by atoms with Gasteiger partial charge in [0.1, 0.15) is 0 Å². The Balaban J connectivity index is 1.25.